The Morgan fingerprint density at radius 1 is 1.56 bits per heavy atom. The maximum Gasteiger partial charge on any atom is 0.155 e. The number of halogens is 1. The molecule has 0 spiro atoms. The number of rotatable bonds is 2. The minimum Gasteiger partial charge on any atom is -0.321 e. The Morgan fingerprint density at radius 3 is 2.94 bits per heavy atom. The van der Waals surface area contributed by atoms with Crippen LogP contribution in [0, 0.1) is 0 Å². The molecule has 16 heavy (non-hydrogen) atoms. The predicted molar refractivity (Wildman–Crippen MR) is 64.7 cm³/mol. The molecule has 1 aliphatic carbocycles. The second-order valence-corrected chi connectivity index (χ2v) is 4.83. The zero-order valence-corrected chi connectivity index (χ0v) is 9.96. The van der Waals surface area contributed by atoms with Crippen LogP contribution in [0.5, 0.6) is 0 Å². The first-order valence-corrected chi connectivity index (χ1v) is 5.98. The van der Waals surface area contributed by atoms with Crippen LogP contribution in [0.3, 0.4) is 0 Å². The highest BCUT2D eigenvalue weighted by Gasteiger charge is 2.42. The molecule has 2 heterocycles. The van der Waals surface area contributed by atoms with Crippen LogP contribution in [0.25, 0.3) is 5.52 Å². The first-order valence-electron chi connectivity index (χ1n) is 5.60. The summed E-state index contributed by atoms with van der Waals surface area (Å²) in [4.78, 5) is 4.38. The molecule has 4 heteroatoms. The van der Waals surface area contributed by atoms with Crippen LogP contribution in [0.15, 0.2) is 18.3 Å². The van der Waals surface area contributed by atoms with E-state index in [1.807, 2.05) is 12.3 Å². The normalized spacial score (nSPS) is 17.9. The molecular formula is C12H14ClN3. The van der Waals surface area contributed by atoms with Gasteiger partial charge >= 0.3 is 0 Å². The van der Waals surface area contributed by atoms with Gasteiger partial charge in [0, 0.05) is 18.2 Å². The van der Waals surface area contributed by atoms with Crippen molar-refractivity contribution >= 4 is 17.1 Å². The fraction of sp³-hybridized carbons (Fsp3) is 0.417. The van der Waals surface area contributed by atoms with Gasteiger partial charge in [0.15, 0.2) is 5.15 Å². The summed E-state index contributed by atoms with van der Waals surface area (Å²) >= 11 is 6.21. The molecule has 2 aromatic rings. The molecule has 0 bridgehead atoms. The highest BCUT2D eigenvalue weighted by atomic mass is 35.5. The summed E-state index contributed by atoms with van der Waals surface area (Å²) in [7, 11) is 0. The van der Waals surface area contributed by atoms with Gasteiger partial charge in [0.25, 0.3) is 0 Å². The van der Waals surface area contributed by atoms with Gasteiger partial charge in [-0.3, -0.25) is 0 Å². The number of nitrogens with zero attached hydrogens (tertiary/aromatic N) is 2. The third-order valence-electron chi connectivity index (χ3n) is 3.34. The smallest absolute Gasteiger partial charge is 0.155 e. The molecule has 84 valence electrons. The number of hydrogen-bond acceptors (Lipinski definition) is 2. The fourth-order valence-electron chi connectivity index (χ4n) is 2.21. The van der Waals surface area contributed by atoms with Crippen LogP contribution >= 0.6 is 11.6 Å². The molecule has 2 N–H and O–H groups in total. The van der Waals surface area contributed by atoms with Gasteiger partial charge in [-0.15, -0.1) is 0 Å². The predicted octanol–water partition coefficient (Wildman–Crippen LogP) is 2.50. The number of aryl methyl sites for hydroxylation is 1. The van der Waals surface area contributed by atoms with Gasteiger partial charge in [-0.05, 0) is 24.5 Å². The Balaban J connectivity index is 2.34. The third-order valence-corrected chi connectivity index (χ3v) is 3.60. The fourth-order valence-corrected chi connectivity index (χ4v) is 2.50. The Morgan fingerprint density at radius 2 is 2.31 bits per heavy atom. The van der Waals surface area contributed by atoms with E-state index in [1.165, 1.54) is 0 Å². The van der Waals surface area contributed by atoms with Crippen LogP contribution < -0.4 is 5.73 Å². The molecule has 1 aliphatic rings. The summed E-state index contributed by atoms with van der Waals surface area (Å²) in [6.45, 7) is 2.08. The van der Waals surface area contributed by atoms with Gasteiger partial charge in [-0.25, -0.2) is 4.98 Å². The molecule has 3 rings (SSSR count). The summed E-state index contributed by atoms with van der Waals surface area (Å²) in [6.07, 6.45) is 4.95. The highest BCUT2D eigenvalue weighted by Crippen LogP contribution is 2.45. The SMILES string of the molecule is CCc1nc(Cl)c2c(C3(N)CC3)cccn12. The van der Waals surface area contributed by atoms with Crippen LogP contribution in [0.2, 0.25) is 5.15 Å². The van der Waals surface area contributed by atoms with E-state index in [4.69, 9.17) is 17.3 Å². The number of nitrogens with two attached hydrogens (primary N) is 1. The van der Waals surface area contributed by atoms with Gasteiger partial charge in [0.1, 0.15) is 5.82 Å². The topological polar surface area (TPSA) is 43.3 Å². The molecule has 0 atom stereocenters. The van der Waals surface area contributed by atoms with Gasteiger partial charge in [0.05, 0.1) is 5.52 Å². The lowest BCUT2D eigenvalue weighted by Gasteiger charge is -2.11. The molecular weight excluding hydrogens is 222 g/mol. The van der Waals surface area contributed by atoms with Gasteiger partial charge in [-0.1, -0.05) is 24.6 Å². The van der Waals surface area contributed by atoms with Crippen molar-refractivity contribution in [3.05, 3.63) is 34.9 Å². The number of imidazole rings is 1. The number of aromatic nitrogens is 2. The van der Waals surface area contributed by atoms with Crippen LogP contribution in [0.1, 0.15) is 31.2 Å². The molecule has 0 aliphatic heterocycles. The van der Waals surface area contributed by atoms with E-state index < -0.39 is 0 Å². The minimum absolute atomic E-state index is 0.169. The third kappa shape index (κ3) is 1.28. The molecule has 0 unspecified atom stereocenters. The minimum atomic E-state index is -0.169. The van der Waals surface area contributed by atoms with Crippen molar-refractivity contribution in [1.82, 2.24) is 9.38 Å². The van der Waals surface area contributed by atoms with Crippen LogP contribution in [-0.2, 0) is 12.0 Å². The van der Waals surface area contributed by atoms with E-state index in [1.54, 1.807) is 0 Å². The standard InChI is InChI=1S/C12H14ClN3/c1-2-9-15-11(13)10-8(12(14)5-6-12)4-3-7-16(9)10/h3-4,7H,2,5-6,14H2,1H3. The maximum atomic E-state index is 6.25. The van der Waals surface area contributed by atoms with Crippen molar-refractivity contribution in [2.75, 3.05) is 0 Å². The van der Waals surface area contributed by atoms with Gasteiger partial charge in [0.2, 0.25) is 0 Å². The van der Waals surface area contributed by atoms with E-state index in [0.29, 0.717) is 5.15 Å². The molecule has 2 aromatic heterocycles. The van der Waals surface area contributed by atoms with Crippen molar-refractivity contribution in [1.29, 1.82) is 0 Å². The summed E-state index contributed by atoms with van der Waals surface area (Å²) in [5.74, 6) is 0.992. The zero-order valence-electron chi connectivity index (χ0n) is 9.20. The number of pyridine rings is 1. The monoisotopic (exact) mass is 235 g/mol. The zero-order chi connectivity index (χ0) is 11.3. The average molecular weight is 236 g/mol. The summed E-state index contributed by atoms with van der Waals surface area (Å²) in [5, 5.41) is 0.573. The summed E-state index contributed by atoms with van der Waals surface area (Å²) in [6, 6.07) is 4.09. The molecule has 1 saturated carbocycles. The number of fused-ring (bicyclic) bond motifs is 1. The highest BCUT2D eigenvalue weighted by molar-refractivity contribution is 6.33. The second-order valence-electron chi connectivity index (χ2n) is 4.47. The van der Waals surface area contributed by atoms with E-state index in [9.17, 15) is 0 Å². The quantitative estimate of drug-likeness (QED) is 0.869. The largest absolute Gasteiger partial charge is 0.321 e. The van der Waals surface area contributed by atoms with E-state index in [-0.39, 0.29) is 5.54 Å². The first kappa shape index (κ1) is 10.1. The van der Waals surface area contributed by atoms with E-state index in [2.05, 4.69) is 22.4 Å². The molecule has 1 fully saturated rings. The molecule has 0 saturated heterocycles. The first-order chi connectivity index (χ1) is 7.65. The van der Waals surface area contributed by atoms with Crippen molar-refractivity contribution in [2.24, 2.45) is 5.73 Å². The Bertz CT molecular complexity index is 555. The molecule has 0 radical (unpaired) electrons. The number of hydrogen-bond donors (Lipinski definition) is 1. The van der Waals surface area contributed by atoms with Gasteiger partial charge < -0.3 is 10.1 Å². The molecule has 0 aromatic carbocycles. The lowest BCUT2D eigenvalue weighted by atomic mass is 10.1. The Labute approximate surface area is 99.2 Å². The molecule has 0 amide bonds. The molecule has 3 nitrogen and oxygen atoms in total. The van der Waals surface area contributed by atoms with E-state index in [0.717, 1.165) is 36.2 Å². The van der Waals surface area contributed by atoms with Crippen LogP contribution in [-0.4, -0.2) is 9.38 Å². The maximum absolute atomic E-state index is 6.25. The van der Waals surface area contributed by atoms with Crippen molar-refractivity contribution in [3.63, 3.8) is 0 Å². The van der Waals surface area contributed by atoms with E-state index >= 15 is 0 Å². The second kappa shape index (κ2) is 3.22. The Hall–Kier alpha value is -1.06. The van der Waals surface area contributed by atoms with Crippen molar-refractivity contribution < 1.29 is 0 Å². The van der Waals surface area contributed by atoms with Crippen molar-refractivity contribution in [3.8, 4) is 0 Å². The average Bonchev–Trinajstić information content (AvgIpc) is 2.95. The van der Waals surface area contributed by atoms with Crippen LogP contribution in [0.4, 0.5) is 0 Å². The summed E-state index contributed by atoms with van der Waals surface area (Å²) in [5.41, 5.74) is 8.20. The Kier molecular flexibility index (Phi) is 2.03. The van der Waals surface area contributed by atoms with Crippen molar-refractivity contribution in [2.45, 2.75) is 31.7 Å². The summed E-state index contributed by atoms with van der Waals surface area (Å²) < 4.78 is 2.06. The lowest BCUT2D eigenvalue weighted by molar-refractivity contribution is 0.741. The lowest BCUT2D eigenvalue weighted by Crippen LogP contribution is -2.19. The van der Waals surface area contributed by atoms with Gasteiger partial charge in [-0.2, -0.15) is 0 Å².